The lowest BCUT2D eigenvalue weighted by Crippen LogP contribution is -2.42. The maximum atomic E-state index is 13.2. The van der Waals surface area contributed by atoms with E-state index in [1.165, 1.54) is 27.0 Å². The average Bonchev–Trinajstić information content (AvgIpc) is 3.45. The molecule has 34 heavy (non-hydrogen) atoms. The van der Waals surface area contributed by atoms with Crippen LogP contribution in [0, 0.1) is 19.8 Å². The predicted molar refractivity (Wildman–Crippen MR) is 132 cm³/mol. The normalized spacial score (nSPS) is 17.9. The number of thiazole rings is 1. The second-order valence-electron chi connectivity index (χ2n) is 8.26. The first-order chi connectivity index (χ1) is 16.2. The van der Waals surface area contributed by atoms with E-state index >= 15 is 0 Å². The average molecular weight is 522 g/mol. The quantitative estimate of drug-likeness (QED) is 0.463. The molecule has 1 aliphatic rings. The molecule has 3 aromatic rings. The molecule has 1 atom stereocenters. The van der Waals surface area contributed by atoms with E-state index in [9.17, 15) is 18.0 Å². The molecule has 8 nitrogen and oxygen atoms in total. The molecule has 1 fully saturated rings. The highest BCUT2D eigenvalue weighted by molar-refractivity contribution is 7.91. The van der Waals surface area contributed by atoms with E-state index in [0.29, 0.717) is 24.2 Å². The Kier molecular flexibility index (Phi) is 7.36. The summed E-state index contributed by atoms with van der Waals surface area (Å²) in [6.07, 6.45) is 1.16. The smallest absolute Gasteiger partial charge is 0.326 e. The second kappa shape index (κ2) is 10.1. The molecular weight excluding hydrogens is 494 g/mol. The zero-order valence-corrected chi connectivity index (χ0v) is 21.8. The fraction of sp³-hybridized carbons (Fsp3) is 0.435. The van der Waals surface area contributed by atoms with Crippen LogP contribution < -0.4 is 4.80 Å². The Hall–Kier alpha value is -2.34. The van der Waals surface area contributed by atoms with E-state index < -0.39 is 21.9 Å². The maximum Gasteiger partial charge on any atom is 0.326 e. The van der Waals surface area contributed by atoms with Gasteiger partial charge in [-0.15, -0.1) is 11.3 Å². The highest BCUT2D eigenvalue weighted by atomic mass is 32.2. The summed E-state index contributed by atoms with van der Waals surface area (Å²) >= 11 is 2.51. The second-order valence-corrected chi connectivity index (χ2v) is 12.4. The topological polar surface area (TPSA) is 98.0 Å². The Morgan fingerprint density at radius 1 is 1.24 bits per heavy atom. The van der Waals surface area contributed by atoms with E-state index in [1.54, 1.807) is 29.0 Å². The summed E-state index contributed by atoms with van der Waals surface area (Å²) in [5.74, 6) is -1.31. The van der Waals surface area contributed by atoms with Gasteiger partial charge in [-0.25, -0.2) is 8.42 Å². The number of carbonyl (C=O) groups excluding carboxylic acids is 2. The fourth-order valence-electron chi connectivity index (χ4n) is 3.98. The van der Waals surface area contributed by atoms with Gasteiger partial charge in [0.1, 0.15) is 10.8 Å². The molecule has 0 aliphatic carbocycles. The number of thiophene rings is 1. The van der Waals surface area contributed by atoms with Crippen LogP contribution in [-0.4, -0.2) is 48.9 Å². The Balaban J connectivity index is 1.67. The van der Waals surface area contributed by atoms with Gasteiger partial charge in [-0.1, -0.05) is 17.4 Å². The number of amides is 1. The van der Waals surface area contributed by atoms with E-state index in [-0.39, 0.29) is 29.8 Å². The number of rotatable bonds is 6. The van der Waals surface area contributed by atoms with Gasteiger partial charge in [0.05, 0.1) is 22.7 Å². The standard InChI is InChI=1S/C23H27N3O5S3/c1-4-31-20(27)14-26-18-11-15(2)16(3)12-19(18)33-23(26)24-22(28)17-7-5-9-25(13-17)34(29,30)21-8-6-10-32-21/h6,8,10-12,17H,4-5,7,9,13-14H2,1-3H3. The summed E-state index contributed by atoms with van der Waals surface area (Å²) in [4.78, 5) is 30.3. The molecule has 2 aromatic heterocycles. The molecule has 4 rings (SSSR count). The Morgan fingerprint density at radius 3 is 2.71 bits per heavy atom. The predicted octanol–water partition coefficient (Wildman–Crippen LogP) is 3.47. The zero-order chi connectivity index (χ0) is 24.5. The molecule has 1 unspecified atom stereocenters. The van der Waals surface area contributed by atoms with E-state index in [0.717, 1.165) is 21.3 Å². The molecular formula is C23H27N3O5S3. The lowest BCUT2D eigenvalue weighted by atomic mass is 9.99. The molecule has 1 aliphatic heterocycles. The van der Waals surface area contributed by atoms with E-state index in [1.807, 2.05) is 26.0 Å². The van der Waals surface area contributed by atoms with Crippen molar-refractivity contribution in [2.24, 2.45) is 10.9 Å². The molecule has 1 saturated heterocycles. The van der Waals surface area contributed by atoms with Gasteiger partial charge >= 0.3 is 5.97 Å². The summed E-state index contributed by atoms with van der Waals surface area (Å²) in [5, 5.41) is 1.72. The van der Waals surface area contributed by atoms with Crippen molar-refractivity contribution < 1.29 is 22.7 Å². The maximum absolute atomic E-state index is 13.2. The molecule has 0 N–H and O–H groups in total. The molecule has 0 radical (unpaired) electrons. The van der Waals surface area contributed by atoms with Gasteiger partial charge in [-0.05, 0) is 68.3 Å². The first kappa shape index (κ1) is 24.8. The number of aryl methyl sites for hydroxylation is 2. The third-order valence-electron chi connectivity index (χ3n) is 5.92. The third kappa shape index (κ3) is 5.02. The Bertz CT molecular complexity index is 1390. The third-order valence-corrected chi connectivity index (χ3v) is 10.2. The minimum Gasteiger partial charge on any atom is -0.465 e. The van der Waals surface area contributed by atoms with Crippen LogP contribution in [0.3, 0.4) is 0 Å². The highest BCUT2D eigenvalue weighted by Gasteiger charge is 2.34. The van der Waals surface area contributed by atoms with Crippen LogP contribution >= 0.6 is 22.7 Å². The minimum atomic E-state index is -3.62. The first-order valence-corrected chi connectivity index (χ1v) is 14.2. The SMILES string of the molecule is CCOC(=O)Cn1c(=NC(=O)C2CCCN(S(=O)(=O)c3cccs3)C2)sc2cc(C)c(C)cc21. The minimum absolute atomic E-state index is 0.0496. The number of fused-ring (bicyclic) bond motifs is 1. The van der Waals surface area contributed by atoms with Crippen molar-refractivity contribution in [1.29, 1.82) is 0 Å². The van der Waals surface area contributed by atoms with Crippen molar-refractivity contribution in [2.75, 3.05) is 19.7 Å². The Labute approximate surface area is 206 Å². The highest BCUT2D eigenvalue weighted by Crippen LogP contribution is 2.27. The first-order valence-electron chi connectivity index (χ1n) is 11.1. The number of hydrogen-bond donors (Lipinski definition) is 0. The van der Waals surface area contributed by atoms with Gasteiger partial charge in [0, 0.05) is 13.1 Å². The summed E-state index contributed by atoms with van der Waals surface area (Å²) < 4.78 is 35.3. The number of carbonyl (C=O) groups is 2. The number of benzene rings is 1. The summed E-state index contributed by atoms with van der Waals surface area (Å²) in [7, 11) is -3.62. The van der Waals surface area contributed by atoms with Crippen molar-refractivity contribution in [3.8, 4) is 0 Å². The lowest BCUT2D eigenvalue weighted by molar-refractivity contribution is -0.143. The number of sulfonamides is 1. The van der Waals surface area contributed by atoms with Crippen molar-refractivity contribution in [3.05, 3.63) is 45.6 Å². The van der Waals surface area contributed by atoms with Crippen LogP contribution in [0.1, 0.15) is 30.9 Å². The molecule has 182 valence electrons. The Morgan fingerprint density at radius 2 is 2.00 bits per heavy atom. The molecule has 0 bridgehead atoms. The molecule has 1 amide bonds. The van der Waals surface area contributed by atoms with Crippen LogP contribution in [0.25, 0.3) is 10.2 Å². The van der Waals surface area contributed by atoms with Gasteiger partial charge in [0.15, 0.2) is 4.80 Å². The summed E-state index contributed by atoms with van der Waals surface area (Å²) in [6, 6.07) is 7.29. The van der Waals surface area contributed by atoms with Crippen molar-refractivity contribution in [2.45, 2.75) is 44.4 Å². The van der Waals surface area contributed by atoms with E-state index in [2.05, 4.69) is 4.99 Å². The largest absolute Gasteiger partial charge is 0.465 e. The number of nitrogens with zero attached hydrogens (tertiary/aromatic N) is 3. The lowest BCUT2D eigenvalue weighted by Gasteiger charge is -2.29. The summed E-state index contributed by atoms with van der Waals surface area (Å²) in [6.45, 7) is 6.45. The van der Waals surface area contributed by atoms with Crippen LogP contribution in [-0.2, 0) is 30.9 Å². The summed E-state index contributed by atoms with van der Waals surface area (Å²) in [5.41, 5.74) is 3.00. The number of aromatic nitrogens is 1. The van der Waals surface area contributed by atoms with Crippen molar-refractivity contribution >= 4 is 54.8 Å². The number of piperidine rings is 1. The van der Waals surface area contributed by atoms with Crippen molar-refractivity contribution in [1.82, 2.24) is 8.87 Å². The van der Waals surface area contributed by atoms with Gasteiger partial charge in [-0.3, -0.25) is 9.59 Å². The van der Waals surface area contributed by atoms with Crippen LogP contribution in [0.5, 0.6) is 0 Å². The van der Waals surface area contributed by atoms with Crippen molar-refractivity contribution in [3.63, 3.8) is 0 Å². The number of esters is 1. The zero-order valence-electron chi connectivity index (χ0n) is 19.3. The van der Waals surface area contributed by atoms with Gasteiger partial charge in [0.25, 0.3) is 15.9 Å². The van der Waals surface area contributed by atoms with Gasteiger partial charge in [-0.2, -0.15) is 9.30 Å². The van der Waals surface area contributed by atoms with Gasteiger partial charge < -0.3 is 9.30 Å². The molecule has 0 spiro atoms. The van der Waals surface area contributed by atoms with Crippen LogP contribution in [0.4, 0.5) is 0 Å². The molecule has 3 heterocycles. The van der Waals surface area contributed by atoms with E-state index in [4.69, 9.17) is 4.74 Å². The molecule has 0 saturated carbocycles. The number of hydrogen-bond acceptors (Lipinski definition) is 7. The monoisotopic (exact) mass is 521 g/mol. The fourth-order valence-corrected chi connectivity index (χ4v) is 7.76. The molecule has 1 aromatic carbocycles. The number of ether oxygens (including phenoxy) is 1. The van der Waals surface area contributed by atoms with Crippen LogP contribution in [0.15, 0.2) is 38.8 Å². The van der Waals surface area contributed by atoms with Crippen LogP contribution in [0.2, 0.25) is 0 Å². The van der Waals surface area contributed by atoms with Gasteiger partial charge in [0.2, 0.25) is 0 Å². The molecule has 11 heteroatoms.